The van der Waals surface area contributed by atoms with E-state index in [0.717, 1.165) is 24.9 Å². The SMILES string of the molecule is Cc1ccc(NC(=O)C2NCCCC2(C)C)nc1. The molecule has 0 bridgehead atoms. The summed E-state index contributed by atoms with van der Waals surface area (Å²) in [5.41, 5.74) is 1.08. The van der Waals surface area contributed by atoms with Crippen LogP contribution in [0.3, 0.4) is 0 Å². The van der Waals surface area contributed by atoms with Crippen molar-refractivity contribution in [3.05, 3.63) is 23.9 Å². The number of carbonyl (C=O) groups excluding carboxylic acids is 1. The quantitative estimate of drug-likeness (QED) is 0.841. The van der Waals surface area contributed by atoms with E-state index in [0.29, 0.717) is 5.82 Å². The Morgan fingerprint density at radius 1 is 1.50 bits per heavy atom. The van der Waals surface area contributed by atoms with Gasteiger partial charge in [-0.1, -0.05) is 19.9 Å². The van der Waals surface area contributed by atoms with Crippen molar-refractivity contribution in [2.75, 3.05) is 11.9 Å². The number of aromatic nitrogens is 1. The summed E-state index contributed by atoms with van der Waals surface area (Å²) in [6, 6.07) is 3.64. The van der Waals surface area contributed by atoms with Gasteiger partial charge in [-0.25, -0.2) is 4.98 Å². The monoisotopic (exact) mass is 247 g/mol. The van der Waals surface area contributed by atoms with Crippen LogP contribution in [0, 0.1) is 12.3 Å². The summed E-state index contributed by atoms with van der Waals surface area (Å²) in [6.45, 7) is 7.14. The van der Waals surface area contributed by atoms with Gasteiger partial charge in [0.25, 0.3) is 0 Å². The lowest BCUT2D eigenvalue weighted by molar-refractivity contribution is -0.121. The van der Waals surface area contributed by atoms with Crippen molar-refractivity contribution in [3.8, 4) is 0 Å². The molecular weight excluding hydrogens is 226 g/mol. The van der Waals surface area contributed by atoms with Crippen LogP contribution >= 0.6 is 0 Å². The number of aryl methyl sites for hydroxylation is 1. The van der Waals surface area contributed by atoms with Gasteiger partial charge in [-0.15, -0.1) is 0 Å². The first-order valence-corrected chi connectivity index (χ1v) is 6.46. The Kier molecular flexibility index (Phi) is 3.66. The number of amides is 1. The van der Waals surface area contributed by atoms with Gasteiger partial charge in [0.05, 0.1) is 6.04 Å². The van der Waals surface area contributed by atoms with E-state index in [9.17, 15) is 4.79 Å². The van der Waals surface area contributed by atoms with E-state index in [-0.39, 0.29) is 17.4 Å². The summed E-state index contributed by atoms with van der Waals surface area (Å²) in [6.07, 6.45) is 3.95. The third kappa shape index (κ3) is 2.88. The second-order valence-corrected chi connectivity index (χ2v) is 5.69. The molecule has 2 heterocycles. The maximum atomic E-state index is 12.3. The van der Waals surface area contributed by atoms with Gasteiger partial charge < -0.3 is 10.6 Å². The van der Waals surface area contributed by atoms with Gasteiger partial charge in [0.15, 0.2) is 0 Å². The van der Waals surface area contributed by atoms with E-state index in [1.807, 2.05) is 19.1 Å². The largest absolute Gasteiger partial charge is 0.309 e. The number of carbonyl (C=O) groups is 1. The summed E-state index contributed by atoms with van der Waals surface area (Å²) in [5.74, 6) is 0.629. The molecular formula is C14H21N3O. The zero-order valence-corrected chi connectivity index (χ0v) is 11.3. The van der Waals surface area contributed by atoms with Crippen LogP contribution in [-0.4, -0.2) is 23.5 Å². The molecule has 0 spiro atoms. The normalized spacial score (nSPS) is 22.5. The van der Waals surface area contributed by atoms with Crippen LogP contribution in [0.15, 0.2) is 18.3 Å². The molecule has 0 aromatic carbocycles. The molecule has 18 heavy (non-hydrogen) atoms. The topological polar surface area (TPSA) is 54.0 Å². The number of hydrogen-bond acceptors (Lipinski definition) is 3. The van der Waals surface area contributed by atoms with Crippen molar-refractivity contribution < 1.29 is 4.79 Å². The van der Waals surface area contributed by atoms with Gasteiger partial charge in [0, 0.05) is 6.20 Å². The molecule has 2 rings (SSSR count). The van der Waals surface area contributed by atoms with Crippen LogP contribution in [0.4, 0.5) is 5.82 Å². The molecule has 4 heteroatoms. The molecule has 98 valence electrons. The van der Waals surface area contributed by atoms with Crippen molar-refractivity contribution in [2.24, 2.45) is 5.41 Å². The van der Waals surface area contributed by atoms with Crippen molar-refractivity contribution in [1.82, 2.24) is 10.3 Å². The average Bonchev–Trinajstić information content (AvgIpc) is 2.31. The van der Waals surface area contributed by atoms with Crippen LogP contribution in [-0.2, 0) is 4.79 Å². The van der Waals surface area contributed by atoms with Gasteiger partial charge in [-0.2, -0.15) is 0 Å². The first-order chi connectivity index (χ1) is 8.49. The Labute approximate surface area is 108 Å². The Balaban J connectivity index is 2.05. The molecule has 1 aromatic rings. The first kappa shape index (κ1) is 13.0. The molecule has 1 aromatic heterocycles. The highest BCUT2D eigenvalue weighted by Gasteiger charge is 2.37. The van der Waals surface area contributed by atoms with Crippen LogP contribution in [0.1, 0.15) is 32.3 Å². The van der Waals surface area contributed by atoms with Crippen LogP contribution < -0.4 is 10.6 Å². The van der Waals surface area contributed by atoms with Crippen LogP contribution in [0.2, 0.25) is 0 Å². The molecule has 4 nitrogen and oxygen atoms in total. The predicted octanol–water partition coefficient (Wildman–Crippen LogP) is 2.11. The van der Waals surface area contributed by atoms with E-state index in [1.54, 1.807) is 6.20 Å². The fourth-order valence-electron chi connectivity index (χ4n) is 2.40. The molecule has 1 saturated heterocycles. The standard InChI is InChI=1S/C14H21N3O/c1-10-5-6-11(16-9-10)17-13(18)12-14(2,3)7-4-8-15-12/h5-6,9,12,15H,4,7-8H2,1-3H3,(H,16,17,18). The zero-order valence-electron chi connectivity index (χ0n) is 11.3. The number of hydrogen-bond donors (Lipinski definition) is 2. The number of pyridine rings is 1. The van der Waals surface area contributed by atoms with E-state index in [4.69, 9.17) is 0 Å². The fraction of sp³-hybridized carbons (Fsp3) is 0.571. The van der Waals surface area contributed by atoms with Gasteiger partial charge in [-0.3, -0.25) is 4.79 Å². The lowest BCUT2D eigenvalue weighted by Crippen LogP contribution is -2.53. The lowest BCUT2D eigenvalue weighted by Gasteiger charge is -2.38. The molecule has 0 radical (unpaired) electrons. The fourth-order valence-corrected chi connectivity index (χ4v) is 2.40. The minimum absolute atomic E-state index is 0.00691. The highest BCUT2D eigenvalue weighted by Crippen LogP contribution is 2.30. The molecule has 1 amide bonds. The Morgan fingerprint density at radius 3 is 2.89 bits per heavy atom. The van der Waals surface area contributed by atoms with Gasteiger partial charge in [-0.05, 0) is 43.4 Å². The third-order valence-electron chi connectivity index (χ3n) is 3.55. The number of nitrogens with zero attached hydrogens (tertiary/aromatic N) is 1. The van der Waals surface area contributed by atoms with E-state index >= 15 is 0 Å². The molecule has 0 aliphatic carbocycles. The average molecular weight is 247 g/mol. The predicted molar refractivity (Wildman–Crippen MR) is 72.4 cm³/mol. The Morgan fingerprint density at radius 2 is 2.28 bits per heavy atom. The van der Waals surface area contributed by atoms with E-state index in [2.05, 4.69) is 29.5 Å². The maximum absolute atomic E-state index is 12.3. The number of nitrogens with one attached hydrogen (secondary N) is 2. The maximum Gasteiger partial charge on any atom is 0.243 e. The minimum Gasteiger partial charge on any atom is -0.309 e. The molecule has 2 N–H and O–H groups in total. The number of piperidine rings is 1. The summed E-state index contributed by atoms with van der Waals surface area (Å²) in [5, 5.41) is 6.18. The first-order valence-electron chi connectivity index (χ1n) is 6.46. The Hall–Kier alpha value is -1.42. The molecule has 0 saturated carbocycles. The van der Waals surface area contributed by atoms with E-state index < -0.39 is 0 Å². The number of rotatable bonds is 2. The minimum atomic E-state index is -0.144. The summed E-state index contributed by atoms with van der Waals surface area (Å²) in [4.78, 5) is 16.5. The van der Waals surface area contributed by atoms with Crippen LogP contribution in [0.5, 0.6) is 0 Å². The Bertz CT molecular complexity index is 425. The smallest absolute Gasteiger partial charge is 0.243 e. The molecule has 1 fully saturated rings. The number of anilines is 1. The highest BCUT2D eigenvalue weighted by molar-refractivity contribution is 5.94. The summed E-state index contributed by atoms with van der Waals surface area (Å²) >= 11 is 0. The summed E-state index contributed by atoms with van der Waals surface area (Å²) < 4.78 is 0. The second kappa shape index (κ2) is 5.06. The van der Waals surface area contributed by atoms with Crippen molar-refractivity contribution in [2.45, 2.75) is 39.7 Å². The van der Waals surface area contributed by atoms with Crippen molar-refractivity contribution >= 4 is 11.7 Å². The molecule has 1 unspecified atom stereocenters. The summed E-state index contributed by atoms with van der Waals surface area (Å²) in [7, 11) is 0. The van der Waals surface area contributed by atoms with Crippen LogP contribution in [0.25, 0.3) is 0 Å². The highest BCUT2D eigenvalue weighted by atomic mass is 16.2. The second-order valence-electron chi connectivity index (χ2n) is 5.69. The van der Waals surface area contributed by atoms with E-state index in [1.165, 1.54) is 0 Å². The lowest BCUT2D eigenvalue weighted by atomic mass is 9.77. The van der Waals surface area contributed by atoms with Gasteiger partial charge in [0.1, 0.15) is 5.82 Å². The van der Waals surface area contributed by atoms with Gasteiger partial charge >= 0.3 is 0 Å². The van der Waals surface area contributed by atoms with Gasteiger partial charge in [0.2, 0.25) is 5.91 Å². The zero-order chi connectivity index (χ0) is 13.2. The third-order valence-corrected chi connectivity index (χ3v) is 3.55. The van der Waals surface area contributed by atoms with Crippen molar-refractivity contribution in [3.63, 3.8) is 0 Å². The van der Waals surface area contributed by atoms with Crippen molar-refractivity contribution in [1.29, 1.82) is 0 Å². The molecule has 1 aliphatic heterocycles. The molecule has 1 atom stereocenters. The molecule has 1 aliphatic rings.